The molecular weight excluding hydrogens is 494 g/mol. The number of rotatable bonds is 10. The second kappa shape index (κ2) is 11.9. The smallest absolute Gasteiger partial charge is 0.187 e. The molecule has 1 heterocycles. The normalized spacial score (nSPS) is 11.9. The van der Waals surface area contributed by atoms with Gasteiger partial charge >= 0.3 is 0 Å². The molecule has 3 aromatic carbocycles. The maximum Gasteiger partial charge on any atom is 0.187 e. The minimum absolute atomic E-state index is 0.318. The maximum absolute atomic E-state index is 13.8. The summed E-state index contributed by atoms with van der Waals surface area (Å²) in [6.45, 7) is 0. The number of aromatic nitrogens is 4. The quantitative estimate of drug-likeness (QED) is 0.255. The number of hydrogen-bond donors (Lipinski definition) is 1. The van der Waals surface area contributed by atoms with Gasteiger partial charge in [0.1, 0.15) is 17.4 Å². The predicted octanol–water partition coefficient (Wildman–Crippen LogP) is 3.05. The van der Waals surface area contributed by atoms with E-state index in [4.69, 9.17) is 0 Å². The molecule has 0 bridgehead atoms. The van der Waals surface area contributed by atoms with Crippen molar-refractivity contribution in [2.75, 3.05) is 0 Å². The standard InChI is InChI=1S/C28H22F2N4O4/c29-21-10-6-18(7-11-21)27(19-8-12-22(30)13-9-19)25(15-14-23(35)16-24(36)17-26(37)38)34-28(31-32-33-34)20-4-2-1-3-5-20/h1-15,23,35H,16-17H2,(H,37,38)/p-1/b15-14+. The highest BCUT2D eigenvalue weighted by Gasteiger charge is 2.19. The summed E-state index contributed by atoms with van der Waals surface area (Å²) in [5.74, 6) is -2.83. The molecule has 1 aromatic heterocycles. The van der Waals surface area contributed by atoms with Crippen LogP contribution in [0.2, 0.25) is 0 Å². The van der Waals surface area contributed by atoms with E-state index in [1.165, 1.54) is 65.4 Å². The average molecular weight is 515 g/mol. The third kappa shape index (κ3) is 6.48. The molecule has 1 N–H and O–H groups in total. The van der Waals surface area contributed by atoms with Crippen LogP contribution in [-0.2, 0) is 9.59 Å². The summed E-state index contributed by atoms with van der Waals surface area (Å²) in [6, 6.07) is 20.3. The number of aliphatic carboxylic acids is 1. The largest absolute Gasteiger partial charge is 0.550 e. The van der Waals surface area contributed by atoms with E-state index in [1.807, 2.05) is 6.07 Å². The van der Waals surface area contributed by atoms with Crippen molar-refractivity contribution >= 4 is 23.0 Å². The Kier molecular flexibility index (Phi) is 8.24. The number of carboxylic acids is 1. The number of ketones is 1. The van der Waals surface area contributed by atoms with Crippen molar-refractivity contribution in [3.8, 4) is 11.4 Å². The Labute approximate surface area is 216 Å². The molecule has 0 spiro atoms. The first-order chi connectivity index (χ1) is 18.3. The summed E-state index contributed by atoms with van der Waals surface area (Å²) in [5, 5.41) is 33.3. The maximum atomic E-state index is 13.8. The van der Waals surface area contributed by atoms with Crippen LogP contribution < -0.4 is 5.11 Å². The summed E-state index contributed by atoms with van der Waals surface area (Å²) in [5.41, 5.74) is 2.53. The third-order valence-corrected chi connectivity index (χ3v) is 5.51. The Morgan fingerprint density at radius 2 is 1.50 bits per heavy atom. The van der Waals surface area contributed by atoms with E-state index in [0.717, 1.165) is 0 Å². The van der Waals surface area contributed by atoms with Gasteiger partial charge in [-0.25, -0.2) is 8.78 Å². The van der Waals surface area contributed by atoms with E-state index >= 15 is 0 Å². The van der Waals surface area contributed by atoms with Gasteiger partial charge in [-0.3, -0.25) is 4.79 Å². The van der Waals surface area contributed by atoms with Crippen LogP contribution >= 0.6 is 0 Å². The summed E-state index contributed by atoms with van der Waals surface area (Å²) in [4.78, 5) is 22.6. The molecule has 0 aliphatic carbocycles. The van der Waals surface area contributed by atoms with Gasteiger partial charge in [-0.05, 0) is 51.9 Å². The van der Waals surface area contributed by atoms with Crippen LogP contribution in [0.5, 0.6) is 0 Å². The number of aliphatic hydroxyl groups is 1. The zero-order chi connectivity index (χ0) is 27.1. The lowest BCUT2D eigenvalue weighted by molar-refractivity contribution is -0.304. The predicted molar refractivity (Wildman–Crippen MR) is 133 cm³/mol. The van der Waals surface area contributed by atoms with Crippen LogP contribution in [0.15, 0.2) is 91.0 Å². The van der Waals surface area contributed by atoms with Crippen molar-refractivity contribution in [1.29, 1.82) is 0 Å². The number of halogens is 2. The van der Waals surface area contributed by atoms with Crippen molar-refractivity contribution in [2.45, 2.75) is 18.9 Å². The molecule has 1 unspecified atom stereocenters. The number of carbonyl (C=O) groups excluding carboxylic acids is 2. The van der Waals surface area contributed by atoms with Gasteiger partial charge in [0.15, 0.2) is 5.82 Å². The summed E-state index contributed by atoms with van der Waals surface area (Å²) < 4.78 is 29.0. The number of allylic oxidation sites excluding steroid dienone is 2. The lowest BCUT2D eigenvalue weighted by atomic mass is 9.95. The first-order valence-electron chi connectivity index (χ1n) is 11.5. The lowest BCUT2D eigenvalue weighted by Gasteiger charge is -2.16. The highest BCUT2D eigenvalue weighted by molar-refractivity contribution is 5.97. The topological polar surface area (TPSA) is 121 Å². The number of benzene rings is 3. The molecule has 4 rings (SSSR count). The molecule has 0 radical (unpaired) electrons. The summed E-state index contributed by atoms with van der Waals surface area (Å²) in [6.07, 6.45) is 0.154. The lowest BCUT2D eigenvalue weighted by Crippen LogP contribution is -2.26. The number of hydrogen-bond acceptors (Lipinski definition) is 7. The minimum atomic E-state index is -1.54. The average Bonchev–Trinajstić information content (AvgIpc) is 3.38. The molecule has 1 atom stereocenters. The Morgan fingerprint density at radius 1 is 0.921 bits per heavy atom. The van der Waals surface area contributed by atoms with Crippen LogP contribution in [0.3, 0.4) is 0 Å². The van der Waals surface area contributed by atoms with Gasteiger partial charge in [0, 0.05) is 29.9 Å². The van der Waals surface area contributed by atoms with Crippen molar-refractivity contribution in [1.82, 2.24) is 20.2 Å². The van der Waals surface area contributed by atoms with E-state index in [-0.39, 0.29) is 0 Å². The molecule has 8 nitrogen and oxygen atoms in total. The fourth-order valence-corrected chi connectivity index (χ4v) is 3.81. The van der Waals surface area contributed by atoms with Crippen molar-refractivity contribution < 1.29 is 28.6 Å². The van der Waals surface area contributed by atoms with E-state index < -0.39 is 42.3 Å². The second-order valence-electron chi connectivity index (χ2n) is 8.27. The number of tetrazole rings is 1. The van der Waals surface area contributed by atoms with Crippen LogP contribution in [0.1, 0.15) is 24.0 Å². The highest BCUT2D eigenvalue weighted by atomic mass is 19.1. The summed E-state index contributed by atoms with van der Waals surface area (Å²) in [7, 11) is 0. The van der Waals surface area contributed by atoms with Crippen molar-refractivity contribution in [3.63, 3.8) is 0 Å². The molecule has 0 aliphatic rings. The van der Waals surface area contributed by atoms with Gasteiger partial charge in [0.05, 0.1) is 11.8 Å². The second-order valence-corrected chi connectivity index (χ2v) is 8.27. The van der Waals surface area contributed by atoms with Gasteiger partial charge in [-0.2, -0.15) is 4.68 Å². The molecule has 0 aliphatic heterocycles. The molecule has 10 heteroatoms. The monoisotopic (exact) mass is 515 g/mol. The zero-order valence-electron chi connectivity index (χ0n) is 19.9. The fourth-order valence-electron chi connectivity index (χ4n) is 3.81. The van der Waals surface area contributed by atoms with Gasteiger partial charge in [-0.1, -0.05) is 60.7 Å². The molecule has 38 heavy (non-hydrogen) atoms. The molecular formula is C28H21F2N4O4-. The Balaban J connectivity index is 1.92. The number of Topliss-reactive ketones (excluding diaryl/α,β-unsaturated/α-hetero) is 1. The molecule has 0 saturated heterocycles. The van der Waals surface area contributed by atoms with Gasteiger partial charge in [0.25, 0.3) is 0 Å². The first kappa shape index (κ1) is 26.2. The minimum Gasteiger partial charge on any atom is -0.550 e. The number of carbonyl (C=O) groups is 2. The molecule has 0 saturated carbocycles. The van der Waals surface area contributed by atoms with E-state index in [0.29, 0.717) is 33.8 Å². The van der Waals surface area contributed by atoms with Crippen LogP contribution in [0, 0.1) is 11.6 Å². The SMILES string of the molecule is O=C([O-])CC(=O)CC(O)/C=C/C(=C(c1ccc(F)cc1)c1ccc(F)cc1)n1nnnc1-c1ccccc1. The van der Waals surface area contributed by atoms with Crippen LogP contribution in [0.4, 0.5) is 8.78 Å². The molecule has 4 aromatic rings. The van der Waals surface area contributed by atoms with Crippen LogP contribution in [-0.4, -0.2) is 43.2 Å². The van der Waals surface area contributed by atoms with Gasteiger partial charge in [0.2, 0.25) is 0 Å². The Hall–Kier alpha value is -4.83. The van der Waals surface area contributed by atoms with Gasteiger partial charge in [-0.15, -0.1) is 5.10 Å². The number of carboxylic acid groups (broad SMARTS) is 1. The van der Waals surface area contributed by atoms with E-state index in [9.17, 15) is 28.6 Å². The Morgan fingerprint density at radius 3 is 2.05 bits per heavy atom. The fraction of sp³-hybridized carbons (Fsp3) is 0.107. The summed E-state index contributed by atoms with van der Waals surface area (Å²) >= 11 is 0. The molecule has 192 valence electrons. The molecule has 0 fully saturated rings. The van der Waals surface area contributed by atoms with Crippen molar-refractivity contribution in [2.24, 2.45) is 0 Å². The van der Waals surface area contributed by atoms with Crippen molar-refractivity contribution in [3.05, 3.63) is 114 Å². The van der Waals surface area contributed by atoms with Gasteiger partial charge < -0.3 is 15.0 Å². The van der Waals surface area contributed by atoms with E-state index in [1.54, 1.807) is 24.3 Å². The first-order valence-corrected chi connectivity index (χ1v) is 11.5. The third-order valence-electron chi connectivity index (χ3n) is 5.51. The number of nitrogens with zero attached hydrogens (tertiary/aromatic N) is 4. The molecule has 0 amide bonds. The Bertz CT molecular complexity index is 1430. The number of aliphatic hydroxyl groups excluding tert-OH is 1. The zero-order valence-corrected chi connectivity index (χ0v) is 19.9. The van der Waals surface area contributed by atoms with Crippen LogP contribution in [0.25, 0.3) is 22.7 Å². The highest BCUT2D eigenvalue weighted by Crippen LogP contribution is 2.32. The van der Waals surface area contributed by atoms with E-state index in [2.05, 4.69) is 15.5 Å².